The van der Waals surface area contributed by atoms with E-state index in [1.165, 1.54) is 6.33 Å². The zero-order valence-corrected chi connectivity index (χ0v) is 8.60. The van der Waals surface area contributed by atoms with Crippen LogP contribution in [0.2, 0.25) is 0 Å². The Morgan fingerprint density at radius 3 is 2.81 bits per heavy atom. The van der Waals surface area contributed by atoms with Gasteiger partial charge in [-0.1, -0.05) is 30.3 Å². The lowest BCUT2D eigenvalue weighted by atomic mass is 10.2. The quantitative estimate of drug-likeness (QED) is 0.713. The molecule has 0 saturated carbocycles. The fraction of sp³-hybridized carbons (Fsp3) is 0.0909. The maximum absolute atomic E-state index is 11.2. The molecule has 16 heavy (non-hydrogen) atoms. The molecule has 5 nitrogen and oxygen atoms in total. The summed E-state index contributed by atoms with van der Waals surface area (Å²) >= 11 is 0. The second-order valence-corrected chi connectivity index (χ2v) is 3.33. The maximum atomic E-state index is 11.2. The summed E-state index contributed by atoms with van der Waals surface area (Å²) in [5.74, 6) is 0.410. The van der Waals surface area contributed by atoms with Crippen LogP contribution in [0.15, 0.2) is 41.5 Å². The minimum Gasteiger partial charge on any atom is -0.391 e. The summed E-state index contributed by atoms with van der Waals surface area (Å²) in [7, 11) is 0. The van der Waals surface area contributed by atoms with Gasteiger partial charge in [0.05, 0.1) is 6.33 Å². The zero-order valence-electron chi connectivity index (χ0n) is 8.60. The molecule has 0 amide bonds. The molecule has 0 saturated heterocycles. The Morgan fingerprint density at radius 1 is 1.31 bits per heavy atom. The van der Waals surface area contributed by atoms with Crippen molar-refractivity contribution in [1.29, 1.82) is 0 Å². The standard InChI is InChI=1S/C11H12N4O/c12-9-10(14-7-15-11(9)16)13-6-8-4-2-1-3-5-8/h1-5,7H,6,12H2,(H2,13,14,15,16). The summed E-state index contributed by atoms with van der Waals surface area (Å²) in [6.45, 7) is 0.585. The summed E-state index contributed by atoms with van der Waals surface area (Å²) in [6, 6.07) is 9.81. The monoisotopic (exact) mass is 216 g/mol. The van der Waals surface area contributed by atoms with Crippen LogP contribution < -0.4 is 16.6 Å². The first-order valence-electron chi connectivity index (χ1n) is 4.88. The number of anilines is 2. The van der Waals surface area contributed by atoms with Gasteiger partial charge in [0.1, 0.15) is 5.69 Å². The third-order valence-electron chi connectivity index (χ3n) is 2.19. The minimum atomic E-state index is -0.328. The van der Waals surface area contributed by atoms with Gasteiger partial charge in [0.2, 0.25) is 0 Å². The molecule has 4 N–H and O–H groups in total. The molecule has 0 atom stereocenters. The number of rotatable bonds is 3. The number of nitrogens with two attached hydrogens (primary N) is 1. The highest BCUT2D eigenvalue weighted by Crippen LogP contribution is 2.09. The summed E-state index contributed by atoms with van der Waals surface area (Å²) in [5.41, 5.74) is 6.46. The Balaban J connectivity index is 2.11. The summed E-state index contributed by atoms with van der Waals surface area (Å²) in [4.78, 5) is 17.6. The Labute approximate surface area is 92.3 Å². The van der Waals surface area contributed by atoms with Crippen LogP contribution in [0.1, 0.15) is 5.56 Å². The second kappa shape index (κ2) is 4.48. The van der Waals surface area contributed by atoms with Crippen molar-refractivity contribution in [2.24, 2.45) is 0 Å². The number of H-pyrrole nitrogens is 1. The van der Waals surface area contributed by atoms with Crippen molar-refractivity contribution >= 4 is 11.5 Å². The molecule has 1 aromatic heterocycles. The average molecular weight is 216 g/mol. The molecular weight excluding hydrogens is 204 g/mol. The van der Waals surface area contributed by atoms with E-state index in [4.69, 9.17) is 5.73 Å². The van der Waals surface area contributed by atoms with Crippen LogP contribution in [0.3, 0.4) is 0 Å². The van der Waals surface area contributed by atoms with Crippen molar-refractivity contribution in [3.63, 3.8) is 0 Å². The lowest BCUT2D eigenvalue weighted by Crippen LogP contribution is -2.16. The van der Waals surface area contributed by atoms with E-state index in [0.717, 1.165) is 5.56 Å². The fourth-order valence-corrected chi connectivity index (χ4v) is 1.33. The molecule has 0 bridgehead atoms. The number of aromatic amines is 1. The molecule has 0 aliphatic heterocycles. The fourth-order valence-electron chi connectivity index (χ4n) is 1.33. The van der Waals surface area contributed by atoms with Crippen LogP contribution in [0.5, 0.6) is 0 Å². The molecule has 0 unspecified atom stereocenters. The van der Waals surface area contributed by atoms with Crippen LogP contribution >= 0.6 is 0 Å². The van der Waals surface area contributed by atoms with Gasteiger partial charge in [-0.2, -0.15) is 0 Å². The third-order valence-corrected chi connectivity index (χ3v) is 2.19. The van der Waals surface area contributed by atoms with Gasteiger partial charge in [-0.05, 0) is 5.56 Å². The number of nitrogens with one attached hydrogen (secondary N) is 2. The number of nitrogens with zero attached hydrogens (tertiary/aromatic N) is 1. The molecular formula is C11H12N4O. The van der Waals surface area contributed by atoms with E-state index in [1.54, 1.807) is 0 Å². The predicted molar refractivity (Wildman–Crippen MR) is 63.0 cm³/mol. The number of benzene rings is 1. The molecule has 82 valence electrons. The number of aromatic nitrogens is 2. The first-order chi connectivity index (χ1) is 7.77. The SMILES string of the molecule is Nc1c(NCc2ccccc2)nc[nH]c1=O. The van der Waals surface area contributed by atoms with E-state index < -0.39 is 0 Å². The normalized spacial score (nSPS) is 10.0. The lowest BCUT2D eigenvalue weighted by Gasteiger charge is -2.06. The van der Waals surface area contributed by atoms with Gasteiger partial charge in [0, 0.05) is 6.54 Å². The van der Waals surface area contributed by atoms with Crippen LogP contribution in [-0.4, -0.2) is 9.97 Å². The summed E-state index contributed by atoms with van der Waals surface area (Å²) in [5, 5.41) is 3.01. The first-order valence-corrected chi connectivity index (χ1v) is 4.88. The van der Waals surface area contributed by atoms with Gasteiger partial charge >= 0.3 is 0 Å². The molecule has 0 fully saturated rings. The van der Waals surface area contributed by atoms with Crippen LogP contribution in [-0.2, 0) is 6.54 Å². The van der Waals surface area contributed by atoms with E-state index in [9.17, 15) is 4.79 Å². The van der Waals surface area contributed by atoms with Gasteiger partial charge in [-0.25, -0.2) is 4.98 Å². The lowest BCUT2D eigenvalue weighted by molar-refractivity contribution is 1.07. The highest BCUT2D eigenvalue weighted by atomic mass is 16.1. The number of hydrogen-bond acceptors (Lipinski definition) is 4. The van der Waals surface area contributed by atoms with E-state index in [0.29, 0.717) is 12.4 Å². The van der Waals surface area contributed by atoms with Gasteiger partial charge < -0.3 is 16.0 Å². The Kier molecular flexibility index (Phi) is 2.86. The highest BCUT2D eigenvalue weighted by molar-refractivity contribution is 5.58. The summed E-state index contributed by atoms with van der Waals surface area (Å²) < 4.78 is 0. The van der Waals surface area contributed by atoms with Gasteiger partial charge in [-0.3, -0.25) is 4.79 Å². The molecule has 0 spiro atoms. The molecule has 2 rings (SSSR count). The third kappa shape index (κ3) is 2.20. The van der Waals surface area contributed by atoms with E-state index >= 15 is 0 Å². The van der Waals surface area contributed by atoms with Gasteiger partial charge in [-0.15, -0.1) is 0 Å². The van der Waals surface area contributed by atoms with E-state index in [2.05, 4.69) is 15.3 Å². The highest BCUT2D eigenvalue weighted by Gasteiger charge is 2.02. The predicted octanol–water partition coefficient (Wildman–Crippen LogP) is 0.964. The average Bonchev–Trinajstić information content (AvgIpc) is 2.32. The maximum Gasteiger partial charge on any atom is 0.276 e. The first kappa shape index (κ1) is 10.2. The molecule has 0 aliphatic carbocycles. The van der Waals surface area contributed by atoms with Gasteiger partial charge in [0.25, 0.3) is 5.56 Å². The molecule has 2 aromatic rings. The largest absolute Gasteiger partial charge is 0.391 e. The smallest absolute Gasteiger partial charge is 0.276 e. The molecule has 0 radical (unpaired) electrons. The van der Waals surface area contributed by atoms with E-state index in [1.807, 2.05) is 30.3 Å². The molecule has 1 heterocycles. The van der Waals surface area contributed by atoms with Crippen molar-refractivity contribution in [2.75, 3.05) is 11.1 Å². The van der Waals surface area contributed by atoms with Crippen molar-refractivity contribution in [2.45, 2.75) is 6.54 Å². The molecule has 5 heteroatoms. The van der Waals surface area contributed by atoms with Crippen molar-refractivity contribution in [3.05, 3.63) is 52.6 Å². The zero-order chi connectivity index (χ0) is 11.4. The van der Waals surface area contributed by atoms with Crippen LogP contribution in [0.25, 0.3) is 0 Å². The second-order valence-electron chi connectivity index (χ2n) is 3.33. The number of nitrogen functional groups attached to an aromatic ring is 1. The van der Waals surface area contributed by atoms with Crippen molar-refractivity contribution < 1.29 is 0 Å². The number of hydrogen-bond donors (Lipinski definition) is 3. The summed E-state index contributed by atoms with van der Waals surface area (Å²) in [6.07, 6.45) is 1.33. The van der Waals surface area contributed by atoms with Crippen LogP contribution in [0.4, 0.5) is 11.5 Å². The molecule has 0 aliphatic rings. The molecule has 1 aromatic carbocycles. The topological polar surface area (TPSA) is 83.8 Å². The van der Waals surface area contributed by atoms with Gasteiger partial charge in [0.15, 0.2) is 5.82 Å². The Bertz CT molecular complexity index is 521. The van der Waals surface area contributed by atoms with Crippen molar-refractivity contribution in [3.8, 4) is 0 Å². The van der Waals surface area contributed by atoms with Crippen molar-refractivity contribution in [1.82, 2.24) is 9.97 Å². The Hall–Kier alpha value is -2.30. The van der Waals surface area contributed by atoms with E-state index in [-0.39, 0.29) is 11.2 Å². The Morgan fingerprint density at radius 2 is 2.06 bits per heavy atom. The van der Waals surface area contributed by atoms with Crippen LogP contribution in [0, 0.1) is 0 Å². The minimum absolute atomic E-state index is 0.110.